The lowest BCUT2D eigenvalue weighted by Crippen LogP contribution is -2.66. The number of likely N-dealkylation sites (N-methyl/N-ethyl adjacent to an activating group) is 1. The van der Waals surface area contributed by atoms with Crippen LogP contribution < -0.4 is 15.4 Å². The van der Waals surface area contributed by atoms with E-state index in [2.05, 4.69) is 9.97 Å². The maximum atomic E-state index is 15.1. The summed E-state index contributed by atoms with van der Waals surface area (Å²) in [5, 5.41) is -0.0557. The van der Waals surface area contributed by atoms with Gasteiger partial charge in [-0.25, -0.2) is 14.2 Å². The predicted molar refractivity (Wildman–Crippen MR) is 156 cm³/mol. The van der Waals surface area contributed by atoms with E-state index in [1.165, 1.54) is 27.5 Å². The van der Waals surface area contributed by atoms with Crippen molar-refractivity contribution in [3.63, 3.8) is 0 Å². The van der Waals surface area contributed by atoms with Crippen LogP contribution in [0.5, 0.6) is 0 Å². The summed E-state index contributed by atoms with van der Waals surface area (Å²) in [6, 6.07) is 1.85. The summed E-state index contributed by atoms with van der Waals surface area (Å²) < 4.78 is 22.1. The predicted octanol–water partition coefficient (Wildman–Crippen LogP) is 4.80. The largest absolute Gasteiger partial charge is 0.444 e. The molecule has 0 N–H and O–H groups in total. The highest BCUT2D eigenvalue weighted by Crippen LogP contribution is 2.42. The quantitative estimate of drug-likeness (QED) is 0.399. The van der Waals surface area contributed by atoms with E-state index in [-0.39, 0.29) is 47.4 Å². The average molecular weight is 585 g/mol. The first-order valence-electron chi connectivity index (χ1n) is 13.6. The third-order valence-corrected chi connectivity index (χ3v) is 7.80. The number of rotatable bonds is 2. The second-order valence-corrected chi connectivity index (χ2v) is 12.4. The third kappa shape index (κ3) is 4.69. The van der Waals surface area contributed by atoms with E-state index in [1.54, 1.807) is 37.9 Å². The van der Waals surface area contributed by atoms with Crippen LogP contribution in [-0.2, 0) is 9.53 Å². The van der Waals surface area contributed by atoms with E-state index < -0.39 is 29.1 Å². The van der Waals surface area contributed by atoms with Crippen LogP contribution in [0.4, 0.5) is 20.6 Å². The van der Waals surface area contributed by atoms with Crippen molar-refractivity contribution in [3.05, 3.63) is 50.9 Å². The number of pyridine rings is 3. The Labute approximate surface area is 242 Å². The fourth-order valence-corrected chi connectivity index (χ4v) is 5.80. The van der Waals surface area contributed by atoms with Crippen molar-refractivity contribution in [1.82, 2.24) is 19.4 Å². The molecule has 0 aliphatic carbocycles. The van der Waals surface area contributed by atoms with Crippen molar-refractivity contribution in [1.29, 1.82) is 0 Å². The monoisotopic (exact) mass is 584 g/mol. The smallest absolute Gasteiger partial charge is 0.410 e. The molecule has 1 saturated heterocycles. The fraction of sp³-hybridized carbons (Fsp3) is 0.483. The van der Waals surface area contributed by atoms with Crippen molar-refractivity contribution in [2.24, 2.45) is 0 Å². The topological polar surface area (TPSA) is 101 Å². The Balaban J connectivity index is 1.79. The molecule has 12 heteroatoms. The Morgan fingerprint density at radius 3 is 2.49 bits per heavy atom. The first kappa shape index (κ1) is 28.8. The van der Waals surface area contributed by atoms with E-state index in [0.717, 1.165) is 5.56 Å². The minimum atomic E-state index is -0.820. The molecule has 2 aliphatic heterocycles. The maximum absolute atomic E-state index is 15.1. The number of halogens is 2. The number of piperazine rings is 1. The van der Waals surface area contributed by atoms with Gasteiger partial charge in [0.25, 0.3) is 11.5 Å². The summed E-state index contributed by atoms with van der Waals surface area (Å²) in [7, 11) is 1.52. The second-order valence-electron chi connectivity index (χ2n) is 12.0. The molecule has 41 heavy (non-hydrogen) atoms. The number of carbonyl (C=O) groups excluding carboxylic acids is 2. The Hall–Kier alpha value is -3.73. The number of aryl methyl sites for hydroxylation is 1. The van der Waals surface area contributed by atoms with Crippen molar-refractivity contribution in [3.8, 4) is 5.69 Å². The number of anilines is 2. The molecule has 218 valence electrons. The molecule has 2 amide bonds. The van der Waals surface area contributed by atoms with Gasteiger partial charge in [0.15, 0.2) is 16.6 Å². The lowest BCUT2D eigenvalue weighted by atomic mass is 9.98. The summed E-state index contributed by atoms with van der Waals surface area (Å²) in [6.45, 7) is 13.2. The van der Waals surface area contributed by atoms with Gasteiger partial charge in [-0.05, 0) is 58.2 Å². The number of hydrogen-bond donors (Lipinski definition) is 0. The summed E-state index contributed by atoms with van der Waals surface area (Å²) in [5.41, 5.74) is 1.34. The number of hydrogen-bond acceptors (Lipinski definition) is 7. The molecule has 2 atom stereocenters. The summed E-state index contributed by atoms with van der Waals surface area (Å²) in [5.74, 6) is -1.17. The van der Waals surface area contributed by atoms with Gasteiger partial charge in [-0.3, -0.25) is 19.1 Å². The molecule has 0 unspecified atom stereocenters. The van der Waals surface area contributed by atoms with Gasteiger partial charge in [0.1, 0.15) is 17.3 Å². The third-order valence-electron chi connectivity index (χ3n) is 7.54. The molecule has 0 aromatic carbocycles. The number of ether oxygens (including phenoxy) is 1. The van der Waals surface area contributed by atoms with Gasteiger partial charge < -0.3 is 19.4 Å². The zero-order chi connectivity index (χ0) is 30.1. The Morgan fingerprint density at radius 2 is 1.85 bits per heavy atom. The first-order chi connectivity index (χ1) is 19.1. The van der Waals surface area contributed by atoms with E-state index in [4.69, 9.17) is 16.3 Å². The maximum Gasteiger partial charge on any atom is 0.410 e. The van der Waals surface area contributed by atoms with Gasteiger partial charge in [0, 0.05) is 31.2 Å². The van der Waals surface area contributed by atoms with Crippen LogP contribution in [0, 0.1) is 12.7 Å². The lowest BCUT2D eigenvalue weighted by molar-refractivity contribution is -0.121. The lowest BCUT2D eigenvalue weighted by Gasteiger charge is -2.49. The molecule has 10 nitrogen and oxygen atoms in total. The highest BCUT2D eigenvalue weighted by Gasteiger charge is 2.47. The molecular formula is C29H34ClFN6O4. The first-order valence-corrected chi connectivity index (χ1v) is 13.9. The van der Waals surface area contributed by atoms with Crippen LogP contribution in [0.1, 0.15) is 58.7 Å². The van der Waals surface area contributed by atoms with E-state index in [9.17, 15) is 14.4 Å². The van der Waals surface area contributed by atoms with Crippen LogP contribution >= 0.6 is 11.6 Å². The molecule has 5 rings (SSSR count). The zero-order valence-electron chi connectivity index (χ0n) is 24.5. The second kappa shape index (κ2) is 9.97. The molecule has 5 heterocycles. The standard InChI is InChI=1S/C29H34ClFN6O4/c1-14(2)20-21(15(3)9-10-32-20)37-25-17(11-18(31)24(30)33-25)22-23(27(37)39)34(8)26(38)19-13-35(16(4)12-36(19)22)28(40)41-29(5,6)7/h9-11,14,16,19H,12-13H2,1-8H3/t16-,19-/m1/s1. The van der Waals surface area contributed by atoms with Crippen LogP contribution in [0.3, 0.4) is 0 Å². The van der Waals surface area contributed by atoms with E-state index in [0.29, 0.717) is 22.5 Å². The van der Waals surface area contributed by atoms with Crippen molar-refractivity contribution >= 4 is 46.0 Å². The molecule has 2 aliphatic rings. The summed E-state index contributed by atoms with van der Waals surface area (Å²) in [4.78, 5) is 54.8. The van der Waals surface area contributed by atoms with Crippen molar-refractivity contribution in [2.75, 3.05) is 29.9 Å². The molecule has 3 aromatic rings. The van der Waals surface area contributed by atoms with Gasteiger partial charge in [0.2, 0.25) is 0 Å². The van der Waals surface area contributed by atoms with Gasteiger partial charge >= 0.3 is 6.09 Å². The van der Waals surface area contributed by atoms with E-state index >= 15 is 4.39 Å². The minimum absolute atomic E-state index is 0.0337. The molecule has 3 aromatic heterocycles. The van der Waals surface area contributed by atoms with Crippen LogP contribution in [-0.4, -0.2) is 69.3 Å². The zero-order valence-corrected chi connectivity index (χ0v) is 25.2. The average Bonchev–Trinajstić information content (AvgIpc) is 2.87. The van der Waals surface area contributed by atoms with E-state index in [1.807, 2.05) is 27.7 Å². The number of amides is 2. The Kier molecular flexibility index (Phi) is 7.00. The SMILES string of the molecule is Cc1ccnc(C(C)C)c1-n1c(=O)c2c(c3cc(F)c(Cl)nc31)N1C[C@@H](C)N(C(=O)OC(C)(C)C)C[C@@H]1C(=O)N2C. The Bertz CT molecular complexity index is 1650. The highest BCUT2D eigenvalue weighted by molar-refractivity contribution is 6.30. The number of aromatic nitrogens is 3. The highest BCUT2D eigenvalue weighted by atomic mass is 35.5. The summed E-state index contributed by atoms with van der Waals surface area (Å²) >= 11 is 6.19. The molecule has 0 radical (unpaired) electrons. The number of fused-ring (bicyclic) bond motifs is 5. The van der Waals surface area contributed by atoms with Gasteiger partial charge in [0.05, 0.1) is 23.6 Å². The fourth-order valence-electron chi connectivity index (χ4n) is 5.66. The minimum Gasteiger partial charge on any atom is -0.444 e. The van der Waals surface area contributed by atoms with Crippen LogP contribution in [0.2, 0.25) is 5.15 Å². The molecular weight excluding hydrogens is 551 g/mol. The molecule has 1 fully saturated rings. The van der Waals surface area contributed by atoms with Gasteiger partial charge in [-0.15, -0.1) is 0 Å². The number of nitrogens with zero attached hydrogens (tertiary/aromatic N) is 6. The number of carbonyl (C=O) groups is 2. The molecule has 0 bridgehead atoms. The van der Waals surface area contributed by atoms with Gasteiger partial charge in [-0.2, -0.15) is 0 Å². The van der Waals surface area contributed by atoms with Crippen molar-refractivity contribution in [2.45, 2.75) is 72.1 Å². The normalized spacial score (nSPS) is 19.1. The van der Waals surface area contributed by atoms with Gasteiger partial charge in [-0.1, -0.05) is 25.4 Å². The Morgan fingerprint density at radius 1 is 1.17 bits per heavy atom. The molecule has 0 spiro atoms. The van der Waals surface area contributed by atoms with Crippen LogP contribution in [0.25, 0.3) is 16.7 Å². The molecule has 0 saturated carbocycles. The summed E-state index contributed by atoms with van der Waals surface area (Å²) in [6.07, 6.45) is 1.14. The van der Waals surface area contributed by atoms with Crippen LogP contribution in [0.15, 0.2) is 23.1 Å². The van der Waals surface area contributed by atoms with Crippen molar-refractivity contribution < 1.29 is 18.7 Å².